The fourth-order valence-corrected chi connectivity index (χ4v) is 3.08. The molecule has 1 aromatic carbocycles. The van der Waals surface area contributed by atoms with E-state index >= 15 is 0 Å². The quantitative estimate of drug-likeness (QED) is 0.780. The van der Waals surface area contributed by atoms with Gasteiger partial charge >= 0.3 is 0 Å². The average molecular weight is 347 g/mol. The third-order valence-corrected chi connectivity index (χ3v) is 4.62. The summed E-state index contributed by atoms with van der Waals surface area (Å²) in [6.45, 7) is 1.78. The summed E-state index contributed by atoms with van der Waals surface area (Å²) in [6.07, 6.45) is 4.87. The summed E-state index contributed by atoms with van der Waals surface area (Å²) in [6, 6.07) is 7.00. The number of ketones is 1. The van der Waals surface area contributed by atoms with E-state index in [1.54, 1.807) is 35.3 Å². The molecular formula is C17H19ClN4O2. The number of aromatic nitrogens is 3. The van der Waals surface area contributed by atoms with Crippen molar-refractivity contribution in [2.45, 2.75) is 25.8 Å². The Morgan fingerprint density at radius 2 is 1.88 bits per heavy atom. The molecule has 24 heavy (non-hydrogen) atoms. The van der Waals surface area contributed by atoms with Crippen molar-refractivity contribution in [3.8, 4) is 0 Å². The zero-order valence-electron chi connectivity index (χ0n) is 13.3. The normalized spacial score (nSPS) is 15.5. The van der Waals surface area contributed by atoms with Gasteiger partial charge in [0.25, 0.3) is 0 Å². The molecule has 2 heterocycles. The summed E-state index contributed by atoms with van der Waals surface area (Å²) in [5.41, 5.74) is 0.690. The second-order valence-corrected chi connectivity index (χ2v) is 6.37. The van der Waals surface area contributed by atoms with Gasteiger partial charge in [0.15, 0.2) is 5.78 Å². The number of nitrogens with zero attached hydrogens (tertiary/aromatic N) is 4. The van der Waals surface area contributed by atoms with Crippen LogP contribution in [-0.2, 0) is 11.3 Å². The fourth-order valence-electron chi connectivity index (χ4n) is 2.96. The van der Waals surface area contributed by atoms with Crippen molar-refractivity contribution in [2.75, 3.05) is 13.1 Å². The first-order chi connectivity index (χ1) is 11.6. The molecule has 0 atom stereocenters. The summed E-state index contributed by atoms with van der Waals surface area (Å²) in [5, 5.41) is 4.61. The zero-order valence-corrected chi connectivity index (χ0v) is 14.0. The number of aryl methyl sites for hydroxylation is 1. The van der Waals surface area contributed by atoms with Crippen LogP contribution < -0.4 is 0 Å². The number of halogens is 1. The van der Waals surface area contributed by atoms with E-state index in [0.29, 0.717) is 49.5 Å². The summed E-state index contributed by atoms with van der Waals surface area (Å²) in [4.78, 5) is 30.4. The Balaban J connectivity index is 1.49. The van der Waals surface area contributed by atoms with E-state index in [1.165, 1.54) is 6.33 Å². The minimum Gasteiger partial charge on any atom is -0.343 e. The Hall–Kier alpha value is -2.21. The van der Waals surface area contributed by atoms with E-state index in [-0.39, 0.29) is 17.6 Å². The highest BCUT2D eigenvalue weighted by atomic mass is 35.5. The lowest BCUT2D eigenvalue weighted by molar-refractivity contribution is -0.132. The van der Waals surface area contributed by atoms with Crippen LogP contribution in [0.1, 0.15) is 29.6 Å². The third-order valence-electron chi connectivity index (χ3n) is 4.37. The number of hydrogen-bond acceptors (Lipinski definition) is 4. The van der Waals surface area contributed by atoms with Gasteiger partial charge in [-0.05, 0) is 37.1 Å². The molecule has 6 nitrogen and oxygen atoms in total. The second kappa shape index (κ2) is 7.57. The average Bonchev–Trinajstić information content (AvgIpc) is 3.13. The smallest absolute Gasteiger partial charge is 0.224 e. The summed E-state index contributed by atoms with van der Waals surface area (Å²) in [7, 11) is 0. The van der Waals surface area contributed by atoms with Crippen LogP contribution >= 0.6 is 11.6 Å². The molecule has 1 aromatic heterocycles. The second-order valence-electron chi connectivity index (χ2n) is 5.93. The predicted molar refractivity (Wildman–Crippen MR) is 89.7 cm³/mol. The third kappa shape index (κ3) is 4.00. The number of benzene rings is 1. The first kappa shape index (κ1) is 16.6. The Bertz CT molecular complexity index is 692. The van der Waals surface area contributed by atoms with Gasteiger partial charge in [-0.3, -0.25) is 14.3 Å². The van der Waals surface area contributed by atoms with Crippen molar-refractivity contribution in [3.05, 3.63) is 47.5 Å². The van der Waals surface area contributed by atoms with Crippen molar-refractivity contribution >= 4 is 23.3 Å². The summed E-state index contributed by atoms with van der Waals surface area (Å²) < 4.78 is 1.65. The van der Waals surface area contributed by atoms with Gasteiger partial charge in [-0.15, -0.1) is 0 Å². The molecule has 0 spiro atoms. The van der Waals surface area contributed by atoms with Gasteiger partial charge < -0.3 is 4.90 Å². The maximum atomic E-state index is 12.5. The molecule has 1 amide bonds. The van der Waals surface area contributed by atoms with Crippen molar-refractivity contribution in [1.29, 1.82) is 0 Å². The minimum atomic E-state index is -0.0226. The lowest BCUT2D eigenvalue weighted by Gasteiger charge is -2.31. The van der Waals surface area contributed by atoms with Crippen LogP contribution in [-0.4, -0.2) is 44.4 Å². The molecule has 0 aliphatic carbocycles. The number of amides is 1. The largest absolute Gasteiger partial charge is 0.343 e. The fraction of sp³-hybridized carbons (Fsp3) is 0.412. The summed E-state index contributed by atoms with van der Waals surface area (Å²) >= 11 is 5.86. The molecule has 0 radical (unpaired) electrons. The zero-order chi connectivity index (χ0) is 16.9. The number of rotatable bonds is 5. The molecular weight excluding hydrogens is 328 g/mol. The van der Waals surface area contributed by atoms with E-state index in [4.69, 9.17) is 11.6 Å². The van der Waals surface area contributed by atoms with Crippen molar-refractivity contribution < 1.29 is 9.59 Å². The number of carbonyl (C=O) groups is 2. The van der Waals surface area contributed by atoms with Crippen LogP contribution in [0, 0.1) is 5.92 Å². The van der Waals surface area contributed by atoms with Gasteiger partial charge in [0, 0.05) is 36.0 Å². The summed E-state index contributed by atoms with van der Waals surface area (Å²) in [5.74, 6) is 0.217. The van der Waals surface area contributed by atoms with Crippen molar-refractivity contribution in [2.24, 2.45) is 5.92 Å². The van der Waals surface area contributed by atoms with E-state index in [2.05, 4.69) is 10.1 Å². The monoisotopic (exact) mass is 346 g/mol. The van der Waals surface area contributed by atoms with Gasteiger partial charge in [-0.2, -0.15) is 5.10 Å². The Morgan fingerprint density at radius 3 is 2.50 bits per heavy atom. The molecule has 1 fully saturated rings. The van der Waals surface area contributed by atoms with E-state index in [1.807, 2.05) is 4.90 Å². The van der Waals surface area contributed by atoms with Crippen LogP contribution in [0.2, 0.25) is 5.02 Å². The number of likely N-dealkylation sites (tertiary alicyclic amines) is 1. The van der Waals surface area contributed by atoms with Crippen LogP contribution in [0.15, 0.2) is 36.9 Å². The molecule has 1 saturated heterocycles. The predicted octanol–water partition coefficient (Wildman–Crippen LogP) is 2.44. The molecule has 126 valence electrons. The molecule has 1 aliphatic heterocycles. The highest BCUT2D eigenvalue weighted by molar-refractivity contribution is 6.30. The first-order valence-electron chi connectivity index (χ1n) is 8.03. The maximum Gasteiger partial charge on any atom is 0.224 e. The molecule has 0 saturated carbocycles. The number of piperidine rings is 1. The Morgan fingerprint density at radius 1 is 1.17 bits per heavy atom. The molecule has 0 bridgehead atoms. The first-order valence-corrected chi connectivity index (χ1v) is 8.41. The molecule has 2 aromatic rings. The lowest BCUT2D eigenvalue weighted by Crippen LogP contribution is -2.40. The molecule has 3 rings (SSSR count). The van der Waals surface area contributed by atoms with Gasteiger partial charge in [-0.25, -0.2) is 4.98 Å². The molecule has 0 unspecified atom stereocenters. The van der Waals surface area contributed by atoms with Gasteiger partial charge in [0.2, 0.25) is 5.91 Å². The van der Waals surface area contributed by atoms with E-state index in [9.17, 15) is 9.59 Å². The topological polar surface area (TPSA) is 68.1 Å². The van der Waals surface area contributed by atoms with Gasteiger partial charge in [0.1, 0.15) is 12.7 Å². The Labute approximate surface area is 145 Å². The van der Waals surface area contributed by atoms with Crippen LogP contribution in [0.4, 0.5) is 0 Å². The van der Waals surface area contributed by atoms with Gasteiger partial charge in [0.05, 0.1) is 6.54 Å². The lowest BCUT2D eigenvalue weighted by atomic mass is 9.89. The van der Waals surface area contributed by atoms with Crippen LogP contribution in [0.5, 0.6) is 0 Å². The van der Waals surface area contributed by atoms with Gasteiger partial charge in [-0.1, -0.05) is 11.6 Å². The molecule has 1 aliphatic rings. The van der Waals surface area contributed by atoms with E-state index < -0.39 is 0 Å². The molecule has 0 N–H and O–H groups in total. The molecule has 7 heteroatoms. The maximum absolute atomic E-state index is 12.5. The van der Waals surface area contributed by atoms with Crippen LogP contribution in [0.25, 0.3) is 0 Å². The van der Waals surface area contributed by atoms with E-state index in [0.717, 1.165) is 0 Å². The van der Waals surface area contributed by atoms with Crippen molar-refractivity contribution in [1.82, 2.24) is 19.7 Å². The standard InChI is InChI=1S/C17H19ClN4O2/c18-15-3-1-13(2-4-15)17(24)14-5-8-21(9-6-14)16(23)7-10-22-12-19-11-20-22/h1-4,11-12,14H,5-10H2. The number of Topliss-reactive ketones (excluding diaryl/α,β-unsaturated/α-hetero) is 1. The number of hydrogen-bond donors (Lipinski definition) is 0. The number of carbonyl (C=O) groups excluding carboxylic acids is 2. The van der Waals surface area contributed by atoms with Crippen LogP contribution in [0.3, 0.4) is 0 Å². The minimum absolute atomic E-state index is 0.0226. The SMILES string of the molecule is O=C(c1ccc(Cl)cc1)C1CCN(C(=O)CCn2cncn2)CC1. The highest BCUT2D eigenvalue weighted by Crippen LogP contribution is 2.23. The highest BCUT2D eigenvalue weighted by Gasteiger charge is 2.27. The Kier molecular flexibility index (Phi) is 5.25. The van der Waals surface area contributed by atoms with Crippen molar-refractivity contribution in [3.63, 3.8) is 0 Å².